The van der Waals surface area contributed by atoms with E-state index in [2.05, 4.69) is 147 Å². The normalized spacial score (nSPS) is 9.51. The fourth-order valence-corrected chi connectivity index (χ4v) is 10.2. The summed E-state index contributed by atoms with van der Waals surface area (Å²) in [5.74, 6) is 0. The average molecular weight is 439 g/mol. The van der Waals surface area contributed by atoms with E-state index in [1.165, 1.54) is 7.06 Å². The molecule has 0 aromatic carbocycles. The Balaban J connectivity index is 7.97. The molecule has 0 heterocycles. The average Bonchev–Trinajstić information content (AvgIpc) is 2.68. The van der Waals surface area contributed by atoms with Gasteiger partial charge in [0.2, 0.25) is 0 Å². The lowest BCUT2D eigenvalue weighted by Gasteiger charge is -2.52. The second-order valence-corrected chi connectivity index (χ2v) is 16.3. The van der Waals surface area contributed by atoms with Gasteiger partial charge in [-0.25, -0.2) is 0 Å². The molecule has 0 spiro atoms. The minimum Gasteiger partial charge on any atom is 0.000131 e. The molecule has 0 bridgehead atoms. The monoisotopic (exact) mass is 447 g/mol. The first-order chi connectivity index (χ1) is 16.8. The quantitative estimate of drug-likeness (QED) is 0.198. The van der Waals surface area contributed by atoms with Gasteiger partial charge < -0.3 is 0 Å². The van der Waals surface area contributed by atoms with Crippen molar-refractivity contribution in [2.75, 3.05) is 0 Å². The van der Waals surface area contributed by atoms with Crippen molar-refractivity contribution in [3.63, 3.8) is 0 Å². The highest BCUT2D eigenvalue weighted by Crippen LogP contribution is 2.17. The summed E-state index contributed by atoms with van der Waals surface area (Å²) in [5, 5.41) is 0. The van der Waals surface area contributed by atoms with E-state index in [0.29, 0.717) is 51.1 Å². The maximum absolute atomic E-state index is 2.56. The minimum absolute atomic E-state index is 0.708. The second-order valence-electron chi connectivity index (χ2n) is 16.3. The molecule has 150 valence electrons. The van der Waals surface area contributed by atoms with Gasteiger partial charge in [0.15, 0.2) is 0 Å². The molecular weight excluding hydrogens is 400 g/mol. The molecule has 0 radical (unpaired) electrons. The highest BCUT2D eigenvalue weighted by Gasteiger charge is 2.56. The van der Waals surface area contributed by atoms with Crippen LogP contribution in [0.25, 0.3) is 0 Å². The van der Waals surface area contributed by atoms with E-state index in [4.69, 9.17) is 0 Å². The SMILES string of the molecule is BBB(B(B)B)B(B(B(B)B)B(B)B)B(B(B(B)B)B(B)B)B(B(B(B)B)B(B)B)B(B(B)B)B(B)B. The lowest BCUT2D eigenvalue weighted by atomic mass is 8.28. The van der Waals surface area contributed by atoms with Gasteiger partial charge in [0.25, 0.3) is 0 Å². The molecule has 0 saturated heterocycles. The van der Waals surface area contributed by atoms with E-state index >= 15 is 0 Å². The minimum atomic E-state index is 0.708. The molecule has 0 aromatic rings. The first kappa shape index (κ1) is 39.4. The lowest BCUT2D eigenvalue weighted by Crippen LogP contribution is -2.91. The van der Waals surface area contributed by atoms with Crippen molar-refractivity contribution in [1.82, 2.24) is 0 Å². The molecule has 37 heteroatoms. The molecule has 0 atom stereocenters. The van der Waals surface area contributed by atoms with Gasteiger partial charge in [0.1, 0.15) is 0 Å². The van der Waals surface area contributed by atoms with Gasteiger partial charge in [-0.2, -0.15) is 0 Å². The summed E-state index contributed by atoms with van der Waals surface area (Å²) in [5.41, 5.74) is 0. The van der Waals surface area contributed by atoms with Gasteiger partial charge in [-0.1, -0.05) is 0 Å². The Morgan fingerprint density at radius 3 is 0.595 bits per heavy atom. The van der Waals surface area contributed by atoms with Crippen LogP contribution < -0.4 is 0 Å². The van der Waals surface area contributed by atoms with Gasteiger partial charge >= 0.3 is 0 Å². The van der Waals surface area contributed by atoms with E-state index in [1.807, 2.05) is 0 Å². The van der Waals surface area contributed by atoms with Crippen LogP contribution in [-0.4, -0.2) is 263 Å². The van der Waals surface area contributed by atoms with Gasteiger partial charge in [0.05, 0.1) is 147 Å². The summed E-state index contributed by atoms with van der Waals surface area (Å²) < 4.78 is 0. The summed E-state index contributed by atoms with van der Waals surface area (Å²) in [7, 11) is 49.7. The molecule has 0 aliphatic heterocycles. The Hall–Kier alpha value is 2.40. The molecule has 0 amide bonds. The van der Waals surface area contributed by atoms with E-state index in [1.54, 1.807) is 0 Å². The van der Waals surface area contributed by atoms with Crippen LogP contribution in [0.5, 0.6) is 0 Å². The predicted octanol–water partition coefficient (Wildman–Crippen LogP) is -24.5. The van der Waals surface area contributed by atoms with E-state index < -0.39 is 0 Å². The predicted molar refractivity (Wildman–Crippen MR) is 267 cm³/mol. The zero-order chi connectivity index (χ0) is 29.5. The summed E-state index contributed by atoms with van der Waals surface area (Å²) >= 11 is 0. The van der Waals surface area contributed by atoms with E-state index in [0.717, 1.165) is 57.5 Å². The maximum atomic E-state index is 2.56. The number of hydrogen-bond donors (Lipinski definition) is 0. The number of rotatable bonds is 17. The summed E-state index contributed by atoms with van der Waals surface area (Å²) in [4.78, 5) is 0. The highest BCUT2D eigenvalue weighted by atomic mass is 13.4. The molecule has 0 saturated carbocycles. The topological polar surface area (TPSA) is 0 Å². The Morgan fingerprint density at radius 1 is 0.243 bits per heavy atom. The Kier molecular flexibility index (Phi) is 19.3. The van der Waals surface area contributed by atoms with E-state index in [-0.39, 0.29) is 0 Å². The zero-order valence-electron chi connectivity index (χ0n) is 29.5. The molecule has 0 N–H and O–H groups in total. The molecule has 0 rings (SSSR count). The summed E-state index contributed by atoms with van der Waals surface area (Å²) in [6.45, 7) is 0. The summed E-state index contributed by atoms with van der Waals surface area (Å²) in [6, 6.07) is 0. The standard InChI is InChI=1S/B37H39/c1-20-30(21(2)3)35(31(22(4)5)23(6)7)37(34(28(16)17)29(18)19)36(32(24(8)9)25(10)11)33(26(12)13)27(14)15/h20H,1-19H2. The molecule has 0 aliphatic rings. The molecule has 0 nitrogen and oxygen atoms in total. The molecule has 0 unspecified atom stereocenters. The Labute approximate surface area is 261 Å². The third-order valence-electron chi connectivity index (χ3n) is 10.6. The van der Waals surface area contributed by atoms with Crippen LogP contribution in [0.2, 0.25) is 0 Å². The van der Waals surface area contributed by atoms with Crippen molar-refractivity contribution < 1.29 is 0 Å². The Morgan fingerprint density at radius 2 is 0.432 bits per heavy atom. The van der Waals surface area contributed by atoms with Gasteiger partial charge in [-0.05, 0) is 0 Å². The highest BCUT2D eigenvalue weighted by molar-refractivity contribution is 8.31. The van der Waals surface area contributed by atoms with Crippen molar-refractivity contribution in [1.29, 1.82) is 0 Å². The fraction of sp³-hybridized carbons (Fsp3) is 0. The molecule has 0 aliphatic carbocycles. The van der Waals surface area contributed by atoms with E-state index in [9.17, 15) is 0 Å². The molecule has 0 fully saturated rings. The van der Waals surface area contributed by atoms with Crippen LogP contribution in [0.15, 0.2) is 0 Å². The van der Waals surface area contributed by atoms with Crippen LogP contribution in [0, 0.1) is 0 Å². The second kappa shape index (κ2) is 18.2. The van der Waals surface area contributed by atoms with Crippen LogP contribution in [-0.2, 0) is 0 Å². The first-order valence-corrected chi connectivity index (χ1v) is 16.8. The Bertz CT molecular complexity index is 523. The molecule has 0 aromatic heterocycles. The molecular formula is H39B37. The van der Waals surface area contributed by atoms with Crippen molar-refractivity contribution in [2.24, 2.45) is 0 Å². The van der Waals surface area contributed by atoms with Gasteiger partial charge in [0, 0.05) is 116 Å². The third kappa shape index (κ3) is 10.9. The summed E-state index contributed by atoms with van der Waals surface area (Å²) in [6.07, 6.45) is 12.5. The van der Waals surface area contributed by atoms with Crippen molar-refractivity contribution in [3.8, 4) is 0 Å². The fourth-order valence-electron chi connectivity index (χ4n) is 10.2. The van der Waals surface area contributed by atoms with Crippen LogP contribution in [0.1, 0.15) is 0 Å². The van der Waals surface area contributed by atoms with Gasteiger partial charge in [-0.15, -0.1) is 0 Å². The molecule has 37 heavy (non-hydrogen) atoms. The van der Waals surface area contributed by atoms with Crippen LogP contribution in [0.3, 0.4) is 0 Å². The van der Waals surface area contributed by atoms with Crippen molar-refractivity contribution in [3.05, 3.63) is 0 Å². The third-order valence-corrected chi connectivity index (χ3v) is 10.6. The lowest BCUT2D eigenvalue weighted by molar-refractivity contribution is 3.23. The maximum Gasteiger partial charge on any atom is 0.0593 e. The van der Waals surface area contributed by atoms with Crippen LogP contribution >= 0.6 is 0 Å². The zero-order valence-corrected chi connectivity index (χ0v) is 29.5. The number of hydrogen-bond acceptors (Lipinski definition) is 0. The van der Waals surface area contributed by atoms with Gasteiger partial charge in [-0.3, -0.25) is 0 Å². The van der Waals surface area contributed by atoms with Crippen molar-refractivity contribution >= 4 is 263 Å². The van der Waals surface area contributed by atoms with Crippen LogP contribution in [0.4, 0.5) is 0 Å². The smallest absolute Gasteiger partial charge is 0.000131 e. The largest absolute Gasteiger partial charge is 0.0593 e. The first-order valence-electron chi connectivity index (χ1n) is 16.8. The van der Waals surface area contributed by atoms with Crippen molar-refractivity contribution in [2.45, 2.75) is 0 Å².